The number of piperazine rings is 1. The smallest absolute Gasteiger partial charge is 0.254 e. The fourth-order valence-electron chi connectivity index (χ4n) is 4.21. The van der Waals surface area contributed by atoms with Crippen molar-refractivity contribution in [2.24, 2.45) is 0 Å². The molecule has 1 heterocycles. The lowest BCUT2D eigenvalue weighted by Gasteiger charge is -2.34. The Kier molecular flexibility index (Phi) is 6.95. The number of hydrogen-bond acceptors (Lipinski definition) is 4. The van der Waals surface area contributed by atoms with Gasteiger partial charge in [-0.25, -0.2) is 8.42 Å². The molecule has 0 radical (unpaired) electrons. The van der Waals surface area contributed by atoms with Gasteiger partial charge in [-0.1, -0.05) is 66.2 Å². The van der Waals surface area contributed by atoms with Crippen LogP contribution in [0.4, 0.5) is 0 Å². The number of nitrogens with zero attached hydrogens (tertiary/aromatic N) is 2. The van der Waals surface area contributed by atoms with E-state index in [1.807, 2.05) is 50.2 Å². The lowest BCUT2D eigenvalue weighted by Crippen LogP contribution is -2.50. The van der Waals surface area contributed by atoms with E-state index >= 15 is 0 Å². The molecule has 0 atom stereocenters. The van der Waals surface area contributed by atoms with E-state index < -0.39 is 10.0 Å². The second kappa shape index (κ2) is 9.91. The molecule has 0 spiro atoms. The van der Waals surface area contributed by atoms with Crippen LogP contribution in [-0.2, 0) is 15.8 Å². The van der Waals surface area contributed by atoms with E-state index in [0.717, 1.165) is 16.7 Å². The predicted molar refractivity (Wildman–Crippen MR) is 132 cm³/mol. The van der Waals surface area contributed by atoms with Crippen molar-refractivity contribution in [3.05, 3.63) is 106 Å². The largest absolute Gasteiger partial charge is 0.336 e. The Balaban J connectivity index is 1.49. The minimum Gasteiger partial charge on any atom is -0.336 e. The SMILES string of the molecule is Cc1ccc(C)c(C(=O)c2ccccc2C(=O)N2CCN(S(=O)(=O)Cc3ccccc3)CC2)c1. The van der Waals surface area contributed by atoms with Crippen molar-refractivity contribution in [3.63, 3.8) is 0 Å². The van der Waals surface area contributed by atoms with Gasteiger partial charge in [-0.2, -0.15) is 4.31 Å². The molecule has 1 amide bonds. The number of carbonyl (C=O) groups is 2. The number of ketones is 1. The third-order valence-electron chi connectivity index (χ3n) is 6.15. The first kappa shape index (κ1) is 23.9. The van der Waals surface area contributed by atoms with E-state index in [0.29, 0.717) is 16.7 Å². The van der Waals surface area contributed by atoms with Crippen LogP contribution in [0.2, 0.25) is 0 Å². The summed E-state index contributed by atoms with van der Waals surface area (Å²) in [6.07, 6.45) is 0. The summed E-state index contributed by atoms with van der Waals surface area (Å²) in [4.78, 5) is 28.3. The van der Waals surface area contributed by atoms with Crippen molar-refractivity contribution < 1.29 is 18.0 Å². The molecule has 7 heteroatoms. The summed E-state index contributed by atoms with van der Waals surface area (Å²) in [6, 6.07) is 21.6. The van der Waals surface area contributed by atoms with Crippen LogP contribution in [0.25, 0.3) is 0 Å². The highest BCUT2D eigenvalue weighted by atomic mass is 32.2. The van der Waals surface area contributed by atoms with Crippen molar-refractivity contribution in [1.82, 2.24) is 9.21 Å². The minimum atomic E-state index is -3.48. The van der Waals surface area contributed by atoms with Crippen LogP contribution >= 0.6 is 0 Å². The Hall–Kier alpha value is -3.29. The molecule has 176 valence electrons. The molecule has 3 aromatic carbocycles. The standard InChI is InChI=1S/C27H28N2O4S/c1-20-12-13-21(2)25(18-20)26(30)23-10-6-7-11-24(23)27(31)28-14-16-29(17-15-28)34(32,33)19-22-8-4-3-5-9-22/h3-13,18H,14-17,19H2,1-2H3. The lowest BCUT2D eigenvalue weighted by atomic mass is 9.94. The highest BCUT2D eigenvalue weighted by Crippen LogP contribution is 2.21. The van der Waals surface area contributed by atoms with Gasteiger partial charge < -0.3 is 4.90 Å². The molecule has 6 nitrogen and oxygen atoms in total. The Bertz CT molecular complexity index is 1310. The number of aryl methyl sites for hydroxylation is 2. The molecule has 0 bridgehead atoms. The summed E-state index contributed by atoms with van der Waals surface area (Å²) in [5.41, 5.74) is 3.85. The lowest BCUT2D eigenvalue weighted by molar-refractivity contribution is 0.0694. The van der Waals surface area contributed by atoms with Crippen molar-refractivity contribution in [2.45, 2.75) is 19.6 Å². The summed E-state index contributed by atoms with van der Waals surface area (Å²) in [6.45, 7) is 4.82. The van der Waals surface area contributed by atoms with E-state index in [2.05, 4.69) is 0 Å². The molecule has 0 N–H and O–H groups in total. The third kappa shape index (κ3) is 5.11. The van der Waals surface area contributed by atoms with E-state index in [1.54, 1.807) is 41.3 Å². The number of hydrogen-bond donors (Lipinski definition) is 0. The van der Waals surface area contributed by atoms with Crippen molar-refractivity contribution in [2.75, 3.05) is 26.2 Å². The summed E-state index contributed by atoms with van der Waals surface area (Å²) < 4.78 is 27.1. The zero-order chi connectivity index (χ0) is 24.3. The van der Waals surface area contributed by atoms with Crippen LogP contribution in [0.5, 0.6) is 0 Å². The first-order chi connectivity index (χ1) is 16.3. The first-order valence-electron chi connectivity index (χ1n) is 11.3. The van der Waals surface area contributed by atoms with Crippen LogP contribution in [0, 0.1) is 13.8 Å². The van der Waals surface area contributed by atoms with Crippen LogP contribution in [0.1, 0.15) is 43.0 Å². The van der Waals surface area contributed by atoms with Gasteiger partial charge in [0.2, 0.25) is 10.0 Å². The van der Waals surface area contributed by atoms with Gasteiger partial charge in [0, 0.05) is 37.3 Å². The van der Waals surface area contributed by atoms with Crippen LogP contribution < -0.4 is 0 Å². The molecule has 0 unspecified atom stereocenters. The number of carbonyl (C=O) groups excluding carboxylic acids is 2. The Morgan fingerprint density at radius 2 is 1.38 bits per heavy atom. The fraction of sp³-hybridized carbons (Fsp3) is 0.259. The number of amides is 1. The van der Waals surface area contributed by atoms with Gasteiger partial charge in [0.05, 0.1) is 11.3 Å². The van der Waals surface area contributed by atoms with E-state index in [9.17, 15) is 18.0 Å². The molecule has 1 saturated heterocycles. The van der Waals surface area contributed by atoms with E-state index in [4.69, 9.17) is 0 Å². The first-order valence-corrected chi connectivity index (χ1v) is 12.9. The quantitative estimate of drug-likeness (QED) is 0.507. The highest BCUT2D eigenvalue weighted by Gasteiger charge is 2.30. The van der Waals surface area contributed by atoms with Crippen molar-refractivity contribution in [1.29, 1.82) is 0 Å². The maximum atomic E-state index is 13.4. The fourth-order valence-corrected chi connectivity index (χ4v) is 5.72. The molecule has 3 aromatic rings. The zero-order valence-electron chi connectivity index (χ0n) is 19.4. The molecule has 0 saturated carbocycles. The Morgan fingerprint density at radius 1 is 0.765 bits per heavy atom. The van der Waals surface area contributed by atoms with Gasteiger partial charge in [0.15, 0.2) is 5.78 Å². The van der Waals surface area contributed by atoms with E-state index in [1.165, 1.54) is 4.31 Å². The molecule has 0 aromatic heterocycles. The summed E-state index contributed by atoms with van der Waals surface area (Å²) in [5, 5.41) is 0. The van der Waals surface area contributed by atoms with Gasteiger partial charge in [-0.05, 0) is 37.1 Å². The molecular weight excluding hydrogens is 448 g/mol. The average molecular weight is 477 g/mol. The molecule has 1 fully saturated rings. The molecular formula is C27H28N2O4S. The van der Waals surface area contributed by atoms with Gasteiger partial charge >= 0.3 is 0 Å². The van der Waals surface area contributed by atoms with Crippen molar-refractivity contribution in [3.8, 4) is 0 Å². The van der Waals surface area contributed by atoms with Crippen LogP contribution in [-0.4, -0.2) is 55.5 Å². The summed E-state index contributed by atoms with van der Waals surface area (Å²) in [5.74, 6) is -0.502. The summed E-state index contributed by atoms with van der Waals surface area (Å²) >= 11 is 0. The maximum Gasteiger partial charge on any atom is 0.254 e. The molecule has 4 rings (SSSR count). The van der Waals surface area contributed by atoms with Crippen LogP contribution in [0.15, 0.2) is 72.8 Å². The highest BCUT2D eigenvalue weighted by molar-refractivity contribution is 7.88. The zero-order valence-corrected chi connectivity index (χ0v) is 20.2. The molecule has 0 aliphatic carbocycles. The van der Waals surface area contributed by atoms with E-state index in [-0.39, 0.29) is 43.6 Å². The Morgan fingerprint density at radius 3 is 2.06 bits per heavy atom. The van der Waals surface area contributed by atoms with Gasteiger partial charge in [0.1, 0.15) is 0 Å². The molecule has 1 aliphatic rings. The molecule has 34 heavy (non-hydrogen) atoms. The monoisotopic (exact) mass is 476 g/mol. The Labute approximate surface area is 200 Å². The second-order valence-corrected chi connectivity index (χ2v) is 10.6. The van der Waals surface area contributed by atoms with Gasteiger partial charge in [-0.3, -0.25) is 9.59 Å². The topological polar surface area (TPSA) is 74.8 Å². The normalized spacial score (nSPS) is 14.7. The number of benzene rings is 3. The van der Waals surface area contributed by atoms with Crippen molar-refractivity contribution >= 4 is 21.7 Å². The molecule has 1 aliphatic heterocycles. The predicted octanol–water partition coefficient (Wildman–Crippen LogP) is 3.82. The summed E-state index contributed by atoms with van der Waals surface area (Å²) in [7, 11) is -3.48. The number of sulfonamides is 1. The van der Waals surface area contributed by atoms with Crippen LogP contribution in [0.3, 0.4) is 0 Å². The van der Waals surface area contributed by atoms with Gasteiger partial charge in [0.25, 0.3) is 5.91 Å². The third-order valence-corrected chi connectivity index (χ3v) is 8.00. The second-order valence-electron chi connectivity index (χ2n) is 8.63. The van der Waals surface area contributed by atoms with Gasteiger partial charge in [-0.15, -0.1) is 0 Å². The minimum absolute atomic E-state index is 0.0606. The number of rotatable bonds is 6. The average Bonchev–Trinajstić information content (AvgIpc) is 2.85. The maximum absolute atomic E-state index is 13.4.